The van der Waals surface area contributed by atoms with Crippen LogP contribution in [0.25, 0.3) is 0 Å². The number of alkyl halides is 1. The van der Waals surface area contributed by atoms with Gasteiger partial charge in [-0.1, -0.05) is 23.7 Å². The second-order valence-electron chi connectivity index (χ2n) is 4.25. The summed E-state index contributed by atoms with van der Waals surface area (Å²) < 4.78 is 28.6. The Morgan fingerprint density at radius 3 is 2.50 bits per heavy atom. The van der Waals surface area contributed by atoms with E-state index in [9.17, 15) is 8.42 Å². The predicted molar refractivity (Wildman–Crippen MR) is 80.6 cm³/mol. The number of hydrogen-bond donors (Lipinski definition) is 0. The third kappa shape index (κ3) is 3.66. The zero-order valence-electron chi connectivity index (χ0n) is 10.6. The van der Waals surface area contributed by atoms with Crippen molar-refractivity contribution in [2.24, 2.45) is 0 Å². The Morgan fingerprint density at radius 1 is 1.15 bits per heavy atom. The molecule has 0 saturated carbocycles. The van der Waals surface area contributed by atoms with Crippen LogP contribution in [0.5, 0.6) is 11.5 Å². The van der Waals surface area contributed by atoms with Crippen LogP contribution in [0.3, 0.4) is 0 Å². The van der Waals surface area contributed by atoms with Gasteiger partial charge in [-0.2, -0.15) is 0 Å². The Labute approximate surface area is 128 Å². The normalized spacial score (nSPS) is 11.3. The lowest BCUT2D eigenvalue weighted by atomic mass is 10.2. The molecule has 0 atom stereocenters. The number of sulfone groups is 1. The van der Waals surface area contributed by atoms with Gasteiger partial charge >= 0.3 is 0 Å². The number of rotatable bonds is 4. The van der Waals surface area contributed by atoms with E-state index in [0.29, 0.717) is 22.4 Å². The summed E-state index contributed by atoms with van der Waals surface area (Å²) in [6.07, 6.45) is 1.15. The molecule has 2 aromatic rings. The van der Waals surface area contributed by atoms with Crippen LogP contribution in [-0.4, -0.2) is 14.7 Å². The third-order valence-corrected chi connectivity index (χ3v) is 4.33. The van der Waals surface area contributed by atoms with Crippen molar-refractivity contribution in [2.75, 3.05) is 6.26 Å². The zero-order valence-corrected chi connectivity index (χ0v) is 13.0. The highest BCUT2D eigenvalue weighted by Gasteiger charge is 2.09. The average molecular weight is 331 g/mol. The first-order valence-corrected chi connectivity index (χ1v) is 8.53. The summed E-state index contributed by atoms with van der Waals surface area (Å²) in [5.74, 6) is 1.23. The minimum atomic E-state index is -3.27. The van der Waals surface area contributed by atoms with Gasteiger partial charge in [-0.05, 0) is 35.9 Å². The van der Waals surface area contributed by atoms with Crippen molar-refractivity contribution in [1.82, 2.24) is 0 Å². The molecule has 6 heteroatoms. The summed E-state index contributed by atoms with van der Waals surface area (Å²) in [6, 6.07) is 11.5. The lowest BCUT2D eigenvalue weighted by Gasteiger charge is -2.09. The summed E-state index contributed by atoms with van der Waals surface area (Å²) in [4.78, 5) is 0.198. The van der Waals surface area contributed by atoms with Gasteiger partial charge in [0, 0.05) is 12.1 Å². The molecule has 0 fully saturated rings. The molecule has 2 rings (SSSR count). The van der Waals surface area contributed by atoms with Gasteiger partial charge in [-0.3, -0.25) is 0 Å². The Hall–Kier alpha value is -1.23. The fourth-order valence-corrected chi connectivity index (χ4v) is 2.67. The van der Waals surface area contributed by atoms with Gasteiger partial charge in [0.15, 0.2) is 9.84 Å². The van der Waals surface area contributed by atoms with E-state index in [2.05, 4.69) is 0 Å². The third-order valence-electron chi connectivity index (χ3n) is 2.61. The number of benzene rings is 2. The highest BCUT2D eigenvalue weighted by atomic mass is 35.5. The maximum Gasteiger partial charge on any atom is 0.175 e. The lowest BCUT2D eigenvalue weighted by molar-refractivity contribution is 0.481. The maximum atomic E-state index is 11.5. The second kappa shape index (κ2) is 6.04. The molecular weight excluding hydrogens is 319 g/mol. The van der Waals surface area contributed by atoms with Crippen LogP contribution in [0, 0.1) is 0 Å². The largest absolute Gasteiger partial charge is 0.456 e. The molecule has 20 heavy (non-hydrogen) atoms. The van der Waals surface area contributed by atoms with Gasteiger partial charge < -0.3 is 4.74 Å². The SMILES string of the molecule is CS(=O)(=O)c1cccc(Oc2ccc(CCl)cc2Cl)c1. The summed E-state index contributed by atoms with van der Waals surface area (Å²) in [5, 5.41) is 0.424. The Morgan fingerprint density at radius 2 is 1.90 bits per heavy atom. The van der Waals surface area contributed by atoms with Crippen molar-refractivity contribution in [1.29, 1.82) is 0 Å². The molecular formula is C14H12Cl2O3S. The van der Waals surface area contributed by atoms with Crippen LogP contribution in [-0.2, 0) is 15.7 Å². The van der Waals surface area contributed by atoms with Crippen LogP contribution in [0.15, 0.2) is 47.4 Å². The van der Waals surface area contributed by atoms with Crippen LogP contribution in [0.4, 0.5) is 0 Å². The first-order valence-electron chi connectivity index (χ1n) is 5.72. The van der Waals surface area contributed by atoms with E-state index in [4.69, 9.17) is 27.9 Å². The first-order chi connectivity index (χ1) is 9.40. The summed E-state index contributed by atoms with van der Waals surface area (Å²) in [7, 11) is -3.27. The second-order valence-corrected chi connectivity index (χ2v) is 6.94. The van der Waals surface area contributed by atoms with Crippen molar-refractivity contribution >= 4 is 33.0 Å². The molecule has 3 nitrogen and oxygen atoms in total. The molecule has 0 unspecified atom stereocenters. The quantitative estimate of drug-likeness (QED) is 0.786. The Balaban J connectivity index is 2.31. The van der Waals surface area contributed by atoms with Crippen molar-refractivity contribution in [3.8, 4) is 11.5 Å². The number of ether oxygens (including phenoxy) is 1. The minimum absolute atomic E-state index is 0.198. The summed E-state index contributed by atoms with van der Waals surface area (Å²) in [5.41, 5.74) is 0.883. The van der Waals surface area contributed by atoms with E-state index in [1.807, 2.05) is 0 Å². The molecule has 0 aliphatic heterocycles. The molecule has 106 valence electrons. The molecule has 0 radical (unpaired) electrons. The highest BCUT2D eigenvalue weighted by molar-refractivity contribution is 7.90. The van der Waals surface area contributed by atoms with E-state index >= 15 is 0 Å². The summed E-state index contributed by atoms with van der Waals surface area (Å²) >= 11 is 11.8. The molecule has 0 aliphatic rings. The van der Waals surface area contributed by atoms with E-state index in [-0.39, 0.29) is 4.90 Å². The van der Waals surface area contributed by atoms with Crippen molar-refractivity contribution in [3.63, 3.8) is 0 Å². The van der Waals surface area contributed by atoms with Crippen molar-refractivity contribution in [2.45, 2.75) is 10.8 Å². The molecule has 0 N–H and O–H groups in total. The van der Waals surface area contributed by atoms with Gasteiger partial charge in [-0.15, -0.1) is 11.6 Å². The Kier molecular flexibility index (Phi) is 4.58. The highest BCUT2D eigenvalue weighted by Crippen LogP contribution is 2.31. The minimum Gasteiger partial charge on any atom is -0.456 e. The topological polar surface area (TPSA) is 43.4 Å². The molecule has 0 bridgehead atoms. The molecule has 0 aliphatic carbocycles. The first kappa shape index (κ1) is 15.2. The zero-order chi connectivity index (χ0) is 14.8. The van der Waals surface area contributed by atoms with Crippen molar-refractivity contribution in [3.05, 3.63) is 53.1 Å². The Bertz CT molecular complexity index is 727. The van der Waals surface area contributed by atoms with Gasteiger partial charge in [0.05, 0.1) is 9.92 Å². The molecule has 0 spiro atoms. The van der Waals surface area contributed by atoms with E-state index in [1.54, 1.807) is 30.3 Å². The van der Waals surface area contributed by atoms with Gasteiger partial charge in [0.1, 0.15) is 11.5 Å². The fraction of sp³-hybridized carbons (Fsp3) is 0.143. The number of halogens is 2. The number of hydrogen-bond acceptors (Lipinski definition) is 3. The maximum absolute atomic E-state index is 11.5. The average Bonchev–Trinajstić information content (AvgIpc) is 2.40. The van der Waals surface area contributed by atoms with Crippen LogP contribution in [0.2, 0.25) is 5.02 Å². The van der Waals surface area contributed by atoms with Gasteiger partial charge in [0.25, 0.3) is 0 Å². The summed E-state index contributed by atoms with van der Waals surface area (Å²) in [6.45, 7) is 0. The monoisotopic (exact) mass is 330 g/mol. The van der Waals surface area contributed by atoms with E-state index in [1.165, 1.54) is 12.1 Å². The van der Waals surface area contributed by atoms with Crippen LogP contribution < -0.4 is 4.74 Å². The molecule has 2 aromatic carbocycles. The van der Waals surface area contributed by atoms with Gasteiger partial charge in [0.2, 0.25) is 0 Å². The fourth-order valence-electron chi connectivity index (χ4n) is 1.61. The smallest absolute Gasteiger partial charge is 0.175 e. The van der Waals surface area contributed by atoms with Crippen LogP contribution in [0.1, 0.15) is 5.56 Å². The van der Waals surface area contributed by atoms with Gasteiger partial charge in [-0.25, -0.2) is 8.42 Å². The van der Waals surface area contributed by atoms with E-state index < -0.39 is 9.84 Å². The predicted octanol–water partition coefficient (Wildman–Crippen LogP) is 4.27. The van der Waals surface area contributed by atoms with Crippen LogP contribution >= 0.6 is 23.2 Å². The standard InChI is InChI=1S/C14H12Cl2O3S/c1-20(17,18)12-4-2-3-11(8-12)19-14-6-5-10(9-15)7-13(14)16/h2-8H,9H2,1H3. The van der Waals surface area contributed by atoms with E-state index in [0.717, 1.165) is 11.8 Å². The molecule has 0 heterocycles. The van der Waals surface area contributed by atoms with Crippen molar-refractivity contribution < 1.29 is 13.2 Å². The molecule has 0 aromatic heterocycles. The molecule has 0 saturated heterocycles. The molecule has 0 amide bonds. The lowest BCUT2D eigenvalue weighted by Crippen LogP contribution is -1.97.